The van der Waals surface area contributed by atoms with Gasteiger partial charge in [-0.05, 0) is 24.6 Å². The Morgan fingerprint density at radius 3 is 2.56 bits per heavy atom. The van der Waals surface area contributed by atoms with Crippen LogP contribution in [0.1, 0.15) is 5.56 Å². The van der Waals surface area contributed by atoms with Crippen LogP contribution in [0.2, 0.25) is 0 Å². The van der Waals surface area contributed by atoms with Crippen LogP contribution >= 0.6 is 0 Å². The van der Waals surface area contributed by atoms with Crippen LogP contribution in [-0.4, -0.2) is 17.4 Å². The van der Waals surface area contributed by atoms with Crippen molar-refractivity contribution in [2.75, 3.05) is 0 Å². The molecule has 0 amide bonds. The first-order valence-electron chi connectivity index (χ1n) is 5.15. The fraction of sp³-hybridized carbons (Fsp3) is 0.0909. The zero-order valence-electron chi connectivity index (χ0n) is 9.69. The quantitative estimate of drug-likeness (QED) is 0.855. The van der Waals surface area contributed by atoms with Crippen LogP contribution in [0, 0.1) is 6.92 Å². The molecule has 0 aliphatic rings. The Kier molecular flexibility index (Phi) is 3.26. The molecular formula is C11H12N4O2S. The molecule has 0 saturated heterocycles. The summed E-state index contributed by atoms with van der Waals surface area (Å²) >= 11 is 0. The van der Waals surface area contributed by atoms with Crippen molar-refractivity contribution < 1.29 is 8.42 Å². The van der Waals surface area contributed by atoms with E-state index in [0.717, 1.165) is 3.97 Å². The summed E-state index contributed by atoms with van der Waals surface area (Å²) in [5.41, 5.74) is 1.30. The lowest BCUT2D eigenvalue weighted by Gasteiger charge is -2.04. The average Bonchev–Trinajstić information content (AvgIpc) is 2.31. The average molecular weight is 264 g/mol. The van der Waals surface area contributed by atoms with Gasteiger partial charge in [0.1, 0.15) is 0 Å². The Morgan fingerprint density at radius 1 is 1.28 bits per heavy atom. The molecule has 0 radical (unpaired) electrons. The SMILES string of the molecule is Cc1cn/c(=N/c2ccccc2)n(S(N)(=O)=O)c1. The van der Waals surface area contributed by atoms with E-state index in [-0.39, 0.29) is 5.62 Å². The van der Waals surface area contributed by atoms with E-state index in [1.165, 1.54) is 12.4 Å². The van der Waals surface area contributed by atoms with E-state index in [2.05, 4.69) is 9.98 Å². The van der Waals surface area contributed by atoms with Gasteiger partial charge in [0.15, 0.2) is 0 Å². The third-order valence-corrected chi connectivity index (χ3v) is 2.98. The topological polar surface area (TPSA) is 90.3 Å². The molecule has 0 aliphatic carbocycles. The maximum atomic E-state index is 11.4. The van der Waals surface area contributed by atoms with Gasteiger partial charge in [0.25, 0.3) is 0 Å². The van der Waals surface area contributed by atoms with Gasteiger partial charge < -0.3 is 0 Å². The van der Waals surface area contributed by atoms with Crippen LogP contribution in [0.15, 0.2) is 47.7 Å². The van der Waals surface area contributed by atoms with Crippen molar-refractivity contribution in [2.45, 2.75) is 6.92 Å². The van der Waals surface area contributed by atoms with E-state index in [0.29, 0.717) is 11.3 Å². The summed E-state index contributed by atoms with van der Waals surface area (Å²) in [5, 5.41) is 5.12. The lowest BCUT2D eigenvalue weighted by atomic mass is 10.3. The minimum Gasteiger partial charge on any atom is -0.220 e. The number of hydrogen-bond acceptors (Lipinski definition) is 4. The number of aryl methyl sites for hydroxylation is 1. The number of nitrogens with zero attached hydrogens (tertiary/aromatic N) is 3. The summed E-state index contributed by atoms with van der Waals surface area (Å²) < 4.78 is 23.7. The third kappa shape index (κ3) is 2.82. The molecule has 2 N–H and O–H groups in total. The largest absolute Gasteiger partial charge is 0.305 e. The standard InChI is InChI=1S/C11H12N4O2S/c1-9-7-13-11(15(8-9)18(12,16)17)14-10-5-3-2-4-6-10/h2-8H,1H3,(H2,12,16,17)/b14-11-. The fourth-order valence-corrected chi connectivity index (χ4v) is 2.00. The maximum Gasteiger partial charge on any atom is 0.305 e. The van der Waals surface area contributed by atoms with Gasteiger partial charge in [-0.3, -0.25) is 0 Å². The predicted octanol–water partition coefficient (Wildman–Crippen LogP) is 0.476. The van der Waals surface area contributed by atoms with Gasteiger partial charge in [-0.25, -0.2) is 15.1 Å². The van der Waals surface area contributed by atoms with Crippen molar-refractivity contribution in [1.29, 1.82) is 0 Å². The fourth-order valence-electron chi connectivity index (χ4n) is 1.38. The molecule has 6 nitrogen and oxygen atoms in total. The number of para-hydroxylation sites is 1. The highest BCUT2D eigenvalue weighted by Crippen LogP contribution is 2.07. The van der Waals surface area contributed by atoms with E-state index in [1.54, 1.807) is 31.2 Å². The molecular weight excluding hydrogens is 252 g/mol. The van der Waals surface area contributed by atoms with Gasteiger partial charge in [0, 0.05) is 12.4 Å². The molecule has 0 atom stereocenters. The van der Waals surface area contributed by atoms with Gasteiger partial charge in [-0.2, -0.15) is 12.4 Å². The Morgan fingerprint density at radius 2 is 1.94 bits per heavy atom. The highest BCUT2D eigenvalue weighted by molar-refractivity contribution is 7.87. The molecule has 0 saturated carbocycles. The molecule has 94 valence electrons. The van der Waals surface area contributed by atoms with Crippen molar-refractivity contribution in [1.82, 2.24) is 8.96 Å². The second kappa shape index (κ2) is 4.71. The molecule has 18 heavy (non-hydrogen) atoms. The third-order valence-electron chi connectivity index (χ3n) is 2.16. The molecule has 0 unspecified atom stereocenters. The van der Waals surface area contributed by atoms with Gasteiger partial charge in [-0.1, -0.05) is 18.2 Å². The predicted molar refractivity (Wildman–Crippen MR) is 67.1 cm³/mol. The molecule has 0 fully saturated rings. The van der Waals surface area contributed by atoms with Crippen molar-refractivity contribution in [3.05, 3.63) is 53.9 Å². The van der Waals surface area contributed by atoms with Crippen molar-refractivity contribution in [2.24, 2.45) is 10.1 Å². The lowest BCUT2D eigenvalue weighted by molar-refractivity contribution is 0.584. The maximum absolute atomic E-state index is 11.4. The second-order valence-corrected chi connectivity index (χ2v) is 5.14. The lowest BCUT2D eigenvalue weighted by Crippen LogP contribution is -2.34. The number of nitrogens with two attached hydrogens (primary N) is 1. The zero-order valence-corrected chi connectivity index (χ0v) is 10.5. The van der Waals surface area contributed by atoms with Crippen LogP contribution in [-0.2, 0) is 10.2 Å². The number of hydrogen-bond donors (Lipinski definition) is 1. The first-order chi connectivity index (χ1) is 8.47. The molecule has 0 aliphatic heterocycles. The van der Waals surface area contributed by atoms with Gasteiger partial charge in [-0.15, -0.1) is 0 Å². The van der Waals surface area contributed by atoms with Crippen LogP contribution in [0.25, 0.3) is 0 Å². The minimum absolute atomic E-state index is 0.0225. The molecule has 2 rings (SSSR count). The van der Waals surface area contributed by atoms with Gasteiger partial charge in [0.05, 0.1) is 5.69 Å². The second-order valence-electron chi connectivity index (χ2n) is 3.72. The van der Waals surface area contributed by atoms with E-state index >= 15 is 0 Å². The summed E-state index contributed by atoms with van der Waals surface area (Å²) in [5.74, 6) is 0. The normalized spacial score (nSPS) is 12.7. The minimum atomic E-state index is -3.92. The zero-order chi connectivity index (χ0) is 13.2. The molecule has 1 aromatic carbocycles. The summed E-state index contributed by atoms with van der Waals surface area (Å²) in [4.78, 5) is 8.12. The summed E-state index contributed by atoms with van der Waals surface area (Å²) in [7, 11) is -3.92. The monoisotopic (exact) mass is 264 g/mol. The van der Waals surface area contributed by atoms with Crippen LogP contribution in [0.3, 0.4) is 0 Å². The highest BCUT2D eigenvalue weighted by atomic mass is 32.2. The summed E-state index contributed by atoms with van der Waals surface area (Å²) in [6.45, 7) is 1.72. The van der Waals surface area contributed by atoms with Crippen molar-refractivity contribution >= 4 is 15.9 Å². The van der Waals surface area contributed by atoms with Crippen LogP contribution in [0.4, 0.5) is 5.69 Å². The smallest absolute Gasteiger partial charge is 0.220 e. The van der Waals surface area contributed by atoms with E-state index < -0.39 is 10.2 Å². The first-order valence-corrected chi connectivity index (χ1v) is 6.65. The highest BCUT2D eigenvalue weighted by Gasteiger charge is 2.07. The Labute approximate surface area is 105 Å². The Bertz CT molecular complexity index is 720. The van der Waals surface area contributed by atoms with E-state index in [4.69, 9.17) is 5.14 Å². The summed E-state index contributed by atoms with van der Waals surface area (Å²) in [6.07, 6.45) is 2.91. The number of aromatic nitrogens is 2. The summed E-state index contributed by atoms with van der Waals surface area (Å²) in [6, 6.07) is 8.93. The Hall–Kier alpha value is -1.99. The van der Waals surface area contributed by atoms with Gasteiger partial charge >= 0.3 is 10.2 Å². The first kappa shape index (κ1) is 12.5. The van der Waals surface area contributed by atoms with Gasteiger partial charge in [0.2, 0.25) is 5.62 Å². The molecule has 1 heterocycles. The molecule has 0 bridgehead atoms. The Balaban J connectivity index is 2.69. The van der Waals surface area contributed by atoms with Crippen LogP contribution in [0.5, 0.6) is 0 Å². The van der Waals surface area contributed by atoms with E-state index in [9.17, 15) is 8.42 Å². The molecule has 1 aromatic heterocycles. The number of rotatable bonds is 2. The van der Waals surface area contributed by atoms with Crippen molar-refractivity contribution in [3.63, 3.8) is 0 Å². The molecule has 7 heteroatoms. The molecule has 2 aromatic rings. The number of benzene rings is 1. The van der Waals surface area contributed by atoms with Crippen LogP contribution < -0.4 is 10.8 Å². The van der Waals surface area contributed by atoms with E-state index in [1.807, 2.05) is 6.07 Å². The molecule has 0 spiro atoms. The van der Waals surface area contributed by atoms with Crippen molar-refractivity contribution in [3.8, 4) is 0 Å².